The van der Waals surface area contributed by atoms with E-state index in [4.69, 9.17) is 10.00 Å². The minimum absolute atomic E-state index is 0.0971. The third-order valence-corrected chi connectivity index (χ3v) is 2.32. The summed E-state index contributed by atoms with van der Waals surface area (Å²) in [7, 11) is 0. The second-order valence-electron chi connectivity index (χ2n) is 3.25. The molecule has 0 aromatic heterocycles. The molecule has 66 valence electrons. The zero-order valence-electron chi connectivity index (χ0n) is 7.36. The van der Waals surface area contributed by atoms with Gasteiger partial charge in [-0.3, -0.25) is 0 Å². The van der Waals surface area contributed by atoms with Gasteiger partial charge >= 0.3 is 0 Å². The van der Waals surface area contributed by atoms with E-state index in [9.17, 15) is 0 Å². The van der Waals surface area contributed by atoms with Gasteiger partial charge in [-0.1, -0.05) is 18.2 Å². The van der Waals surface area contributed by atoms with Gasteiger partial charge in [-0.15, -0.1) is 0 Å². The van der Waals surface area contributed by atoms with Crippen molar-refractivity contribution in [3.05, 3.63) is 29.8 Å². The predicted octanol–water partition coefficient (Wildman–Crippen LogP) is 2.29. The number of hydrogen-bond donors (Lipinski definition) is 0. The molecule has 2 heteroatoms. The summed E-state index contributed by atoms with van der Waals surface area (Å²) in [5.41, 5.74) is 1.26. The maximum absolute atomic E-state index is 8.54. The van der Waals surface area contributed by atoms with Crippen LogP contribution in [0.1, 0.15) is 18.4 Å². The maximum atomic E-state index is 8.54. The number of aryl methyl sites for hydroxylation is 1. The molecule has 2 nitrogen and oxygen atoms in total. The fourth-order valence-electron chi connectivity index (χ4n) is 1.63. The summed E-state index contributed by atoms with van der Waals surface area (Å²) in [6.07, 6.45) is 2.58. The van der Waals surface area contributed by atoms with Crippen molar-refractivity contribution in [3.63, 3.8) is 0 Å². The Morgan fingerprint density at radius 3 is 3.15 bits per heavy atom. The first-order valence-electron chi connectivity index (χ1n) is 4.51. The van der Waals surface area contributed by atoms with Gasteiger partial charge in [-0.05, 0) is 24.5 Å². The molecule has 2 rings (SSSR count). The Balaban J connectivity index is 2.16. The molecule has 1 aromatic carbocycles. The first-order chi connectivity index (χ1) is 6.40. The molecule has 0 bridgehead atoms. The van der Waals surface area contributed by atoms with Gasteiger partial charge < -0.3 is 4.74 Å². The lowest BCUT2D eigenvalue weighted by Crippen LogP contribution is -2.21. The average Bonchev–Trinajstić information content (AvgIpc) is 2.18. The summed E-state index contributed by atoms with van der Waals surface area (Å²) in [4.78, 5) is 0. The van der Waals surface area contributed by atoms with Crippen LogP contribution in [0.25, 0.3) is 0 Å². The standard InChI is InChI=1S/C11H11NO/c12-8-7-10-6-5-9-3-1-2-4-11(9)13-10/h1-4,10H,5-7H2. The second-order valence-corrected chi connectivity index (χ2v) is 3.25. The van der Waals surface area contributed by atoms with Crippen LogP contribution in [0.3, 0.4) is 0 Å². The van der Waals surface area contributed by atoms with Gasteiger partial charge in [0.15, 0.2) is 0 Å². The third kappa shape index (κ3) is 1.65. The Morgan fingerprint density at radius 1 is 1.46 bits per heavy atom. The molecule has 1 aliphatic rings. The van der Waals surface area contributed by atoms with Crippen molar-refractivity contribution in [2.75, 3.05) is 0 Å². The van der Waals surface area contributed by atoms with Crippen LogP contribution in [0.5, 0.6) is 5.75 Å². The summed E-state index contributed by atoms with van der Waals surface area (Å²) in [6, 6.07) is 10.2. The lowest BCUT2D eigenvalue weighted by molar-refractivity contribution is 0.178. The largest absolute Gasteiger partial charge is 0.489 e. The number of nitrogens with zero attached hydrogens (tertiary/aromatic N) is 1. The number of fused-ring (bicyclic) bond motifs is 1. The van der Waals surface area contributed by atoms with E-state index in [2.05, 4.69) is 12.1 Å². The average molecular weight is 173 g/mol. The van der Waals surface area contributed by atoms with Crippen LogP contribution in [-0.2, 0) is 6.42 Å². The molecule has 13 heavy (non-hydrogen) atoms. The molecule has 1 heterocycles. The molecule has 1 atom stereocenters. The zero-order chi connectivity index (χ0) is 9.10. The fraction of sp³-hybridized carbons (Fsp3) is 0.364. The number of rotatable bonds is 1. The van der Waals surface area contributed by atoms with Crippen LogP contribution in [0.15, 0.2) is 24.3 Å². The molecular formula is C11H11NO. The van der Waals surface area contributed by atoms with Gasteiger partial charge in [0.05, 0.1) is 12.5 Å². The van der Waals surface area contributed by atoms with Gasteiger partial charge in [-0.2, -0.15) is 5.26 Å². The Morgan fingerprint density at radius 2 is 2.31 bits per heavy atom. The van der Waals surface area contributed by atoms with Crippen LogP contribution in [0, 0.1) is 11.3 Å². The highest BCUT2D eigenvalue weighted by Crippen LogP contribution is 2.27. The predicted molar refractivity (Wildman–Crippen MR) is 49.4 cm³/mol. The first-order valence-corrected chi connectivity index (χ1v) is 4.51. The molecule has 0 saturated heterocycles. The quantitative estimate of drug-likeness (QED) is 0.652. The molecule has 0 fully saturated rings. The van der Waals surface area contributed by atoms with Gasteiger partial charge in [0.2, 0.25) is 0 Å². The number of para-hydroxylation sites is 1. The van der Waals surface area contributed by atoms with Gasteiger partial charge in [0.1, 0.15) is 11.9 Å². The normalized spacial score (nSPS) is 19.8. The number of ether oxygens (including phenoxy) is 1. The molecule has 1 aromatic rings. The van der Waals surface area contributed by atoms with E-state index in [0.29, 0.717) is 6.42 Å². The van der Waals surface area contributed by atoms with Crippen molar-refractivity contribution in [1.82, 2.24) is 0 Å². The third-order valence-electron chi connectivity index (χ3n) is 2.32. The van der Waals surface area contributed by atoms with E-state index in [1.165, 1.54) is 5.56 Å². The Kier molecular flexibility index (Phi) is 2.18. The van der Waals surface area contributed by atoms with E-state index < -0.39 is 0 Å². The Hall–Kier alpha value is -1.49. The lowest BCUT2D eigenvalue weighted by Gasteiger charge is -2.24. The van der Waals surface area contributed by atoms with E-state index in [0.717, 1.165) is 18.6 Å². The van der Waals surface area contributed by atoms with Gasteiger partial charge in [-0.25, -0.2) is 0 Å². The summed E-state index contributed by atoms with van der Waals surface area (Å²) in [5, 5.41) is 8.54. The van der Waals surface area contributed by atoms with Crippen LogP contribution < -0.4 is 4.74 Å². The van der Waals surface area contributed by atoms with Crippen LogP contribution in [0.2, 0.25) is 0 Å². The van der Waals surface area contributed by atoms with Crippen LogP contribution in [0.4, 0.5) is 0 Å². The summed E-state index contributed by atoms with van der Waals surface area (Å²) >= 11 is 0. The molecule has 0 spiro atoms. The number of hydrogen-bond acceptors (Lipinski definition) is 2. The minimum Gasteiger partial charge on any atom is -0.489 e. The van der Waals surface area contributed by atoms with E-state index in [1.54, 1.807) is 0 Å². The molecule has 0 radical (unpaired) electrons. The van der Waals surface area contributed by atoms with Crippen molar-refractivity contribution in [2.24, 2.45) is 0 Å². The van der Waals surface area contributed by atoms with Gasteiger partial charge in [0, 0.05) is 0 Å². The fourth-order valence-corrected chi connectivity index (χ4v) is 1.63. The molecule has 1 unspecified atom stereocenters. The molecule has 0 N–H and O–H groups in total. The zero-order valence-corrected chi connectivity index (χ0v) is 7.36. The summed E-state index contributed by atoms with van der Waals surface area (Å²) < 4.78 is 5.65. The smallest absolute Gasteiger partial charge is 0.122 e. The van der Waals surface area contributed by atoms with Crippen molar-refractivity contribution < 1.29 is 4.74 Å². The van der Waals surface area contributed by atoms with Crippen molar-refractivity contribution in [2.45, 2.75) is 25.4 Å². The van der Waals surface area contributed by atoms with E-state index in [1.807, 2.05) is 18.2 Å². The van der Waals surface area contributed by atoms with Crippen molar-refractivity contribution in [3.8, 4) is 11.8 Å². The van der Waals surface area contributed by atoms with Gasteiger partial charge in [0.25, 0.3) is 0 Å². The molecule has 1 aliphatic heterocycles. The highest BCUT2D eigenvalue weighted by molar-refractivity contribution is 5.35. The van der Waals surface area contributed by atoms with Crippen LogP contribution >= 0.6 is 0 Å². The van der Waals surface area contributed by atoms with E-state index >= 15 is 0 Å². The SMILES string of the molecule is N#CCC1CCc2ccccc2O1. The molecular weight excluding hydrogens is 162 g/mol. The molecule has 0 aliphatic carbocycles. The Labute approximate surface area is 77.8 Å². The lowest BCUT2D eigenvalue weighted by atomic mass is 10.0. The topological polar surface area (TPSA) is 33.0 Å². The Bertz CT molecular complexity index is 340. The molecule has 0 amide bonds. The number of nitriles is 1. The molecule has 0 saturated carbocycles. The highest BCUT2D eigenvalue weighted by Gasteiger charge is 2.18. The van der Waals surface area contributed by atoms with Crippen molar-refractivity contribution >= 4 is 0 Å². The van der Waals surface area contributed by atoms with Crippen molar-refractivity contribution in [1.29, 1.82) is 5.26 Å². The highest BCUT2D eigenvalue weighted by atomic mass is 16.5. The first kappa shape index (κ1) is 8.12. The van der Waals surface area contributed by atoms with Crippen LogP contribution in [-0.4, -0.2) is 6.10 Å². The monoisotopic (exact) mass is 173 g/mol. The van der Waals surface area contributed by atoms with E-state index in [-0.39, 0.29) is 6.10 Å². The minimum atomic E-state index is 0.0971. The summed E-state index contributed by atoms with van der Waals surface area (Å²) in [5.74, 6) is 0.953. The second kappa shape index (κ2) is 3.49. The maximum Gasteiger partial charge on any atom is 0.122 e. The number of benzene rings is 1. The summed E-state index contributed by atoms with van der Waals surface area (Å²) in [6.45, 7) is 0.